The minimum atomic E-state index is 0.0687. The highest BCUT2D eigenvalue weighted by Crippen LogP contribution is 2.11. The second kappa shape index (κ2) is 6.40. The van der Waals surface area contributed by atoms with Gasteiger partial charge in [0, 0.05) is 6.61 Å². The molecule has 0 aromatic heterocycles. The predicted octanol–water partition coefficient (Wildman–Crippen LogP) is 1.59. The lowest BCUT2D eigenvalue weighted by atomic mass is 10.2. The number of hydrogen-bond acceptors (Lipinski definition) is 3. The lowest BCUT2D eigenvalue weighted by Gasteiger charge is -2.06. The zero-order valence-corrected chi connectivity index (χ0v) is 8.40. The van der Waals surface area contributed by atoms with Gasteiger partial charge < -0.3 is 14.6 Å². The summed E-state index contributed by atoms with van der Waals surface area (Å²) >= 11 is 0. The Morgan fingerprint density at radius 2 is 1.86 bits per heavy atom. The van der Waals surface area contributed by atoms with Gasteiger partial charge in [-0.25, -0.2) is 0 Å². The highest BCUT2D eigenvalue weighted by atomic mass is 16.5. The molecule has 14 heavy (non-hydrogen) atoms. The van der Waals surface area contributed by atoms with E-state index in [1.165, 1.54) is 0 Å². The third-order valence-corrected chi connectivity index (χ3v) is 1.81. The smallest absolute Gasteiger partial charge is 0.119 e. The van der Waals surface area contributed by atoms with Crippen molar-refractivity contribution in [2.75, 3.05) is 19.8 Å². The van der Waals surface area contributed by atoms with Crippen molar-refractivity contribution in [2.24, 2.45) is 0 Å². The monoisotopic (exact) mass is 196 g/mol. The van der Waals surface area contributed by atoms with Gasteiger partial charge in [-0.1, -0.05) is 12.1 Å². The number of benzene rings is 1. The van der Waals surface area contributed by atoms with E-state index in [0.29, 0.717) is 19.8 Å². The molecule has 0 saturated heterocycles. The van der Waals surface area contributed by atoms with E-state index in [2.05, 4.69) is 0 Å². The Bertz CT molecular complexity index is 243. The first-order chi connectivity index (χ1) is 6.86. The van der Waals surface area contributed by atoms with E-state index in [-0.39, 0.29) is 6.61 Å². The van der Waals surface area contributed by atoms with Crippen molar-refractivity contribution in [1.29, 1.82) is 0 Å². The topological polar surface area (TPSA) is 38.7 Å². The van der Waals surface area contributed by atoms with Gasteiger partial charge in [-0.3, -0.25) is 0 Å². The summed E-state index contributed by atoms with van der Waals surface area (Å²) in [6.07, 6.45) is 0. The van der Waals surface area contributed by atoms with Crippen LogP contribution in [0.5, 0.6) is 5.75 Å². The maximum Gasteiger partial charge on any atom is 0.119 e. The second-order valence-electron chi connectivity index (χ2n) is 2.85. The Labute approximate surface area is 84.3 Å². The van der Waals surface area contributed by atoms with Crippen molar-refractivity contribution in [3.8, 4) is 5.75 Å². The summed E-state index contributed by atoms with van der Waals surface area (Å²) in [6.45, 7) is 3.91. The van der Waals surface area contributed by atoms with Gasteiger partial charge in [0.2, 0.25) is 0 Å². The summed E-state index contributed by atoms with van der Waals surface area (Å²) in [5.74, 6) is 0.807. The molecule has 3 heteroatoms. The van der Waals surface area contributed by atoms with Gasteiger partial charge in [0.15, 0.2) is 0 Å². The summed E-state index contributed by atoms with van der Waals surface area (Å²) in [4.78, 5) is 0. The highest BCUT2D eigenvalue weighted by molar-refractivity contribution is 5.26. The van der Waals surface area contributed by atoms with Gasteiger partial charge >= 0.3 is 0 Å². The summed E-state index contributed by atoms with van der Waals surface area (Å²) in [6, 6.07) is 7.38. The third-order valence-electron chi connectivity index (χ3n) is 1.81. The van der Waals surface area contributed by atoms with E-state index in [0.717, 1.165) is 11.3 Å². The van der Waals surface area contributed by atoms with E-state index >= 15 is 0 Å². The molecule has 1 aromatic rings. The third kappa shape index (κ3) is 3.77. The molecule has 0 unspecified atom stereocenters. The molecular weight excluding hydrogens is 180 g/mol. The molecule has 78 valence electrons. The molecule has 0 radical (unpaired) electrons. The van der Waals surface area contributed by atoms with E-state index < -0.39 is 0 Å². The first kappa shape index (κ1) is 11.0. The molecule has 1 N–H and O–H groups in total. The summed E-state index contributed by atoms with van der Waals surface area (Å²) in [7, 11) is 0. The van der Waals surface area contributed by atoms with Crippen molar-refractivity contribution in [1.82, 2.24) is 0 Å². The van der Waals surface area contributed by atoms with Crippen molar-refractivity contribution in [2.45, 2.75) is 13.5 Å². The highest BCUT2D eigenvalue weighted by Gasteiger charge is 1.94. The fraction of sp³-hybridized carbons (Fsp3) is 0.455. The Morgan fingerprint density at radius 1 is 1.14 bits per heavy atom. The fourth-order valence-corrected chi connectivity index (χ4v) is 1.05. The standard InChI is InChI=1S/C11H16O3/c1-2-13-7-8-14-11-5-3-10(9-12)4-6-11/h3-6,12H,2,7-9H2,1H3. The maximum absolute atomic E-state index is 8.81. The molecule has 3 nitrogen and oxygen atoms in total. The van der Waals surface area contributed by atoms with Crippen molar-refractivity contribution in [3.05, 3.63) is 29.8 Å². The minimum Gasteiger partial charge on any atom is -0.491 e. The molecule has 0 fully saturated rings. The van der Waals surface area contributed by atoms with E-state index in [1.807, 2.05) is 31.2 Å². The van der Waals surface area contributed by atoms with Crippen molar-refractivity contribution >= 4 is 0 Å². The average molecular weight is 196 g/mol. The van der Waals surface area contributed by atoms with E-state index in [9.17, 15) is 0 Å². The Kier molecular flexibility index (Phi) is 5.04. The van der Waals surface area contributed by atoms with Crippen LogP contribution in [0.15, 0.2) is 24.3 Å². The van der Waals surface area contributed by atoms with Crippen LogP contribution in [0.1, 0.15) is 12.5 Å². The normalized spacial score (nSPS) is 10.1. The first-order valence-electron chi connectivity index (χ1n) is 4.77. The van der Waals surface area contributed by atoms with Crippen molar-refractivity contribution < 1.29 is 14.6 Å². The number of aliphatic hydroxyl groups excluding tert-OH is 1. The number of hydrogen-bond donors (Lipinski definition) is 1. The fourth-order valence-electron chi connectivity index (χ4n) is 1.05. The van der Waals surface area contributed by atoms with Crippen LogP contribution >= 0.6 is 0 Å². The molecule has 1 rings (SSSR count). The molecule has 0 atom stereocenters. The lowest BCUT2D eigenvalue weighted by molar-refractivity contribution is 0.110. The molecule has 0 saturated carbocycles. The van der Waals surface area contributed by atoms with Crippen LogP contribution in [-0.2, 0) is 11.3 Å². The van der Waals surface area contributed by atoms with Gasteiger partial charge in [-0.05, 0) is 24.6 Å². The van der Waals surface area contributed by atoms with Crippen LogP contribution in [-0.4, -0.2) is 24.9 Å². The molecule has 0 heterocycles. The molecule has 0 aliphatic heterocycles. The zero-order valence-electron chi connectivity index (χ0n) is 8.40. The van der Waals surface area contributed by atoms with Crippen molar-refractivity contribution in [3.63, 3.8) is 0 Å². The Hall–Kier alpha value is -1.06. The van der Waals surface area contributed by atoms with Gasteiger partial charge in [0.05, 0.1) is 13.2 Å². The molecular formula is C11H16O3. The first-order valence-corrected chi connectivity index (χ1v) is 4.77. The molecule has 1 aromatic carbocycles. The molecule has 0 amide bonds. The van der Waals surface area contributed by atoms with E-state index in [4.69, 9.17) is 14.6 Å². The van der Waals surface area contributed by atoms with Crippen LogP contribution in [0.4, 0.5) is 0 Å². The van der Waals surface area contributed by atoms with Gasteiger partial charge in [-0.15, -0.1) is 0 Å². The minimum absolute atomic E-state index is 0.0687. The number of rotatable bonds is 6. The lowest BCUT2D eigenvalue weighted by Crippen LogP contribution is -2.06. The summed E-state index contributed by atoms with van der Waals surface area (Å²) in [5, 5.41) is 8.81. The largest absolute Gasteiger partial charge is 0.491 e. The second-order valence-corrected chi connectivity index (χ2v) is 2.85. The Balaban J connectivity index is 2.29. The van der Waals surface area contributed by atoms with Gasteiger partial charge in [-0.2, -0.15) is 0 Å². The van der Waals surface area contributed by atoms with Crippen LogP contribution in [0.2, 0.25) is 0 Å². The van der Waals surface area contributed by atoms with Gasteiger partial charge in [0.1, 0.15) is 12.4 Å². The van der Waals surface area contributed by atoms with Crippen LogP contribution in [0, 0.1) is 0 Å². The zero-order chi connectivity index (χ0) is 10.2. The molecule has 0 aliphatic carbocycles. The Morgan fingerprint density at radius 3 is 2.43 bits per heavy atom. The maximum atomic E-state index is 8.81. The SMILES string of the molecule is CCOCCOc1ccc(CO)cc1. The molecule has 0 bridgehead atoms. The summed E-state index contributed by atoms with van der Waals surface area (Å²) < 4.78 is 10.5. The van der Waals surface area contributed by atoms with E-state index in [1.54, 1.807) is 0 Å². The molecule has 0 spiro atoms. The number of ether oxygens (including phenoxy) is 2. The van der Waals surface area contributed by atoms with Gasteiger partial charge in [0.25, 0.3) is 0 Å². The average Bonchev–Trinajstić information content (AvgIpc) is 2.25. The van der Waals surface area contributed by atoms with Crippen LogP contribution < -0.4 is 4.74 Å². The quantitative estimate of drug-likeness (QED) is 0.702. The molecule has 0 aliphatic rings. The van der Waals surface area contributed by atoms with Crippen LogP contribution in [0.3, 0.4) is 0 Å². The summed E-state index contributed by atoms with van der Waals surface area (Å²) in [5.41, 5.74) is 0.891. The van der Waals surface area contributed by atoms with Crippen LogP contribution in [0.25, 0.3) is 0 Å². The number of aliphatic hydroxyl groups is 1. The predicted molar refractivity (Wildman–Crippen MR) is 54.4 cm³/mol.